The van der Waals surface area contributed by atoms with Crippen molar-refractivity contribution < 1.29 is 9.13 Å². The van der Waals surface area contributed by atoms with E-state index in [1.807, 2.05) is 6.07 Å². The van der Waals surface area contributed by atoms with Gasteiger partial charge in [0, 0.05) is 18.7 Å². The lowest BCUT2D eigenvalue weighted by Crippen LogP contribution is -2.15. The summed E-state index contributed by atoms with van der Waals surface area (Å²) in [5.41, 5.74) is 0.972. The fourth-order valence-corrected chi connectivity index (χ4v) is 2.43. The Hall–Kier alpha value is -1.09. The zero-order chi connectivity index (χ0) is 14.9. The summed E-state index contributed by atoms with van der Waals surface area (Å²) in [4.78, 5) is 0. The van der Waals surface area contributed by atoms with Crippen LogP contribution in [0.5, 0.6) is 5.75 Å². The highest BCUT2D eigenvalue weighted by atomic mass is 19.1. The summed E-state index contributed by atoms with van der Waals surface area (Å²) in [5.74, 6) is 0.458. The van der Waals surface area contributed by atoms with Gasteiger partial charge in [-0.15, -0.1) is 0 Å². The molecule has 118 valence electrons. The van der Waals surface area contributed by atoms with Crippen LogP contribution >= 0.6 is 0 Å². The molecule has 1 N–H and O–H groups in total. The summed E-state index contributed by atoms with van der Waals surface area (Å²) in [5, 5.41) is 3.40. The summed E-state index contributed by atoms with van der Waals surface area (Å²) in [6, 6.07) is 5.67. The highest BCUT2D eigenvalue weighted by Gasteiger charge is 2.20. The summed E-state index contributed by atoms with van der Waals surface area (Å²) >= 11 is 0. The van der Waals surface area contributed by atoms with E-state index < -0.39 is 0 Å². The molecule has 21 heavy (non-hydrogen) atoms. The molecule has 0 unspecified atom stereocenters. The van der Waals surface area contributed by atoms with Crippen LogP contribution in [0.1, 0.15) is 63.9 Å². The maximum absolute atomic E-state index is 13.6. The van der Waals surface area contributed by atoms with Gasteiger partial charge in [-0.1, -0.05) is 39.0 Å². The molecule has 0 bridgehead atoms. The van der Waals surface area contributed by atoms with Gasteiger partial charge < -0.3 is 10.1 Å². The van der Waals surface area contributed by atoms with Crippen LogP contribution < -0.4 is 10.1 Å². The maximum Gasteiger partial charge on any atom is 0.127 e. The minimum absolute atomic E-state index is 0.206. The Morgan fingerprint density at radius 2 is 1.86 bits per heavy atom. The van der Waals surface area contributed by atoms with Crippen LogP contribution in [-0.4, -0.2) is 12.6 Å². The van der Waals surface area contributed by atoms with Gasteiger partial charge in [0.25, 0.3) is 0 Å². The average molecular weight is 293 g/mol. The van der Waals surface area contributed by atoms with Crippen molar-refractivity contribution >= 4 is 0 Å². The Kier molecular flexibility index (Phi) is 7.01. The first-order valence-electron chi connectivity index (χ1n) is 8.43. The highest BCUT2D eigenvalue weighted by molar-refractivity contribution is 5.29. The van der Waals surface area contributed by atoms with Crippen molar-refractivity contribution in [1.29, 1.82) is 0 Å². The Morgan fingerprint density at radius 1 is 1.10 bits per heavy atom. The summed E-state index contributed by atoms with van der Waals surface area (Å²) < 4.78 is 19.3. The van der Waals surface area contributed by atoms with Gasteiger partial charge in [0.15, 0.2) is 0 Å². The predicted molar refractivity (Wildman–Crippen MR) is 85.1 cm³/mol. The maximum atomic E-state index is 13.6. The molecule has 1 aromatic carbocycles. The third-order valence-corrected chi connectivity index (χ3v) is 3.87. The second-order valence-electron chi connectivity index (χ2n) is 6.07. The molecule has 2 rings (SSSR count). The van der Waals surface area contributed by atoms with Crippen molar-refractivity contribution in [2.45, 2.75) is 70.9 Å². The van der Waals surface area contributed by atoms with Crippen molar-refractivity contribution in [3.05, 3.63) is 29.6 Å². The Labute approximate surface area is 128 Å². The van der Waals surface area contributed by atoms with E-state index in [1.54, 1.807) is 6.07 Å². The molecule has 0 radical (unpaired) electrons. The number of hydrogen-bond acceptors (Lipinski definition) is 2. The lowest BCUT2D eigenvalue weighted by molar-refractivity contribution is 0.302. The van der Waals surface area contributed by atoms with Crippen LogP contribution in [0, 0.1) is 5.82 Å². The number of halogens is 1. The fourth-order valence-electron chi connectivity index (χ4n) is 2.43. The number of hydrogen-bond donors (Lipinski definition) is 1. The lowest BCUT2D eigenvalue weighted by atomic mass is 10.1. The zero-order valence-corrected chi connectivity index (χ0v) is 13.2. The van der Waals surface area contributed by atoms with Crippen LogP contribution in [0.4, 0.5) is 4.39 Å². The largest absolute Gasteiger partial charge is 0.493 e. The van der Waals surface area contributed by atoms with Gasteiger partial charge >= 0.3 is 0 Å². The van der Waals surface area contributed by atoms with E-state index in [2.05, 4.69) is 12.2 Å². The number of benzene rings is 1. The quantitative estimate of drug-likeness (QED) is 0.591. The summed E-state index contributed by atoms with van der Waals surface area (Å²) in [7, 11) is 0. The average Bonchev–Trinajstić information content (AvgIpc) is 3.28. The predicted octanol–water partition coefficient (Wildman–Crippen LogP) is 4.82. The molecule has 2 nitrogen and oxygen atoms in total. The Bertz CT molecular complexity index is 418. The SMILES string of the molecule is CCCCCCCCOc1cc(F)cc(CNC2CC2)c1. The second-order valence-corrected chi connectivity index (χ2v) is 6.07. The zero-order valence-electron chi connectivity index (χ0n) is 13.2. The molecular formula is C18H28FNO. The molecular weight excluding hydrogens is 265 g/mol. The monoisotopic (exact) mass is 293 g/mol. The molecule has 0 aromatic heterocycles. The van der Waals surface area contributed by atoms with Crippen LogP contribution in [0.25, 0.3) is 0 Å². The normalized spacial score (nSPS) is 14.4. The lowest BCUT2D eigenvalue weighted by Gasteiger charge is -2.09. The second kappa shape index (κ2) is 9.04. The van der Waals surface area contributed by atoms with Gasteiger partial charge in [-0.2, -0.15) is 0 Å². The van der Waals surface area contributed by atoms with Gasteiger partial charge in [0.2, 0.25) is 0 Å². The van der Waals surface area contributed by atoms with Crippen LogP contribution in [0.15, 0.2) is 18.2 Å². The Balaban J connectivity index is 1.66. The molecule has 1 saturated carbocycles. The van der Waals surface area contributed by atoms with Crippen molar-refractivity contribution in [3.63, 3.8) is 0 Å². The third kappa shape index (κ3) is 6.94. The molecule has 1 fully saturated rings. The van der Waals surface area contributed by atoms with E-state index in [0.717, 1.165) is 18.5 Å². The van der Waals surface area contributed by atoms with E-state index in [4.69, 9.17) is 4.74 Å². The molecule has 0 heterocycles. The smallest absolute Gasteiger partial charge is 0.127 e. The van der Waals surface area contributed by atoms with Crippen molar-refractivity contribution in [1.82, 2.24) is 5.32 Å². The minimum atomic E-state index is -0.206. The molecule has 0 aliphatic heterocycles. The number of rotatable bonds is 11. The number of nitrogens with one attached hydrogen (secondary N) is 1. The number of ether oxygens (including phenoxy) is 1. The summed E-state index contributed by atoms with van der Waals surface area (Å²) in [6.45, 7) is 3.64. The van der Waals surface area contributed by atoms with E-state index in [0.29, 0.717) is 18.4 Å². The number of unbranched alkanes of at least 4 members (excludes halogenated alkanes) is 5. The summed E-state index contributed by atoms with van der Waals surface area (Å²) in [6.07, 6.45) is 9.93. The van der Waals surface area contributed by atoms with Crippen LogP contribution in [-0.2, 0) is 6.54 Å². The minimum Gasteiger partial charge on any atom is -0.493 e. The van der Waals surface area contributed by atoms with Crippen LogP contribution in [0.3, 0.4) is 0 Å². The third-order valence-electron chi connectivity index (χ3n) is 3.87. The molecule has 1 aliphatic carbocycles. The van der Waals surface area contributed by atoms with Crippen LogP contribution in [0.2, 0.25) is 0 Å². The fraction of sp³-hybridized carbons (Fsp3) is 0.667. The van der Waals surface area contributed by atoms with Crippen molar-refractivity contribution in [2.24, 2.45) is 0 Å². The van der Waals surface area contributed by atoms with Gasteiger partial charge in [0.1, 0.15) is 11.6 Å². The molecule has 0 saturated heterocycles. The first-order chi connectivity index (χ1) is 10.3. The molecule has 3 heteroatoms. The van der Waals surface area contributed by atoms with E-state index in [-0.39, 0.29) is 5.82 Å². The molecule has 0 spiro atoms. The molecule has 1 aromatic rings. The topological polar surface area (TPSA) is 21.3 Å². The van der Waals surface area contributed by atoms with Gasteiger partial charge in [0.05, 0.1) is 6.61 Å². The highest BCUT2D eigenvalue weighted by Crippen LogP contribution is 2.21. The van der Waals surface area contributed by atoms with Crippen molar-refractivity contribution in [3.8, 4) is 5.75 Å². The van der Waals surface area contributed by atoms with E-state index in [9.17, 15) is 4.39 Å². The molecule has 1 aliphatic rings. The van der Waals surface area contributed by atoms with E-state index >= 15 is 0 Å². The van der Waals surface area contributed by atoms with Crippen molar-refractivity contribution in [2.75, 3.05) is 6.61 Å². The molecule has 0 amide bonds. The first-order valence-corrected chi connectivity index (χ1v) is 8.43. The van der Waals surface area contributed by atoms with Gasteiger partial charge in [-0.25, -0.2) is 4.39 Å². The first kappa shape index (κ1) is 16.3. The van der Waals surface area contributed by atoms with Gasteiger partial charge in [-0.05, 0) is 37.0 Å². The van der Waals surface area contributed by atoms with E-state index in [1.165, 1.54) is 51.0 Å². The standard InChI is InChI=1S/C18H28FNO/c1-2-3-4-5-6-7-10-21-18-12-15(11-16(19)13-18)14-20-17-8-9-17/h11-13,17,20H,2-10,14H2,1H3. The Morgan fingerprint density at radius 3 is 2.62 bits per heavy atom. The molecule has 0 atom stereocenters. The van der Waals surface area contributed by atoms with Gasteiger partial charge in [-0.3, -0.25) is 0 Å².